The van der Waals surface area contributed by atoms with Crippen molar-refractivity contribution in [2.75, 3.05) is 0 Å². The van der Waals surface area contributed by atoms with Crippen LogP contribution in [0.15, 0.2) is 66.7 Å². The summed E-state index contributed by atoms with van der Waals surface area (Å²) in [6.45, 7) is 4.33. The van der Waals surface area contributed by atoms with Crippen LogP contribution in [0, 0.1) is 6.92 Å². The van der Waals surface area contributed by atoms with Gasteiger partial charge in [-0.25, -0.2) is 0 Å². The average Bonchev–Trinajstić information content (AvgIpc) is 2.88. The van der Waals surface area contributed by atoms with Gasteiger partial charge in [0, 0.05) is 0 Å². The van der Waals surface area contributed by atoms with E-state index in [0.717, 1.165) is 0 Å². The first kappa shape index (κ1) is 17.1. The first-order valence-corrected chi connectivity index (χ1v) is 18.8. The maximum absolute atomic E-state index is 5.97. The van der Waals surface area contributed by atoms with Gasteiger partial charge < -0.3 is 0 Å². The fraction of sp³-hybridized carbons (Fsp3) is 0.118. The maximum atomic E-state index is 5.97. The van der Waals surface area contributed by atoms with Crippen LogP contribution in [0.2, 0.25) is 6.55 Å². The minimum absolute atomic E-state index is 0.557. The van der Waals surface area contributed by atoms with Gasteiger partial charge in [-0.3, -0.25) is 0 Å². The zero-order valence-corrected chi connectivity index (χ0v) is 17.1. The second kappa shape index (κ2) is 8.39. The van der Waals surface area contributed by atoms with E-state index in [2.05, 4.69) is 62.0 Å². The molecule has 3 aromatic rings. The van der Waals surface area contributed by atoms with Crippen LogP contribution in [0.4, 0.5) is 0 Å². The average molecular weight is 412 g/mol. The molecule has 21 heavy (non-hydrogen) atoms. The molecule has 0 atom stereocenters. The Labute approximate surface area is 141 Å². The third-order valence-corrected chi connectivity index (χ3v) is 21.4. The molecule has 0 amide bonds. The standard InChI is InChI=1S/C10H9.C7H8Si.2ClH.Zr/c1-8-6-9-4-2-3-5-10(9)7-8;1-8-7-5-3-2-4-6-7;;;/h2-7H,1H3;2-6H,1H3;2*1H;/q-1;;;;+2/p-2. The Morgan fingerprint density at radius 3 is 2.19 bits per heavy atom. The molecule has 108 valence electrons. The first-order chi connectivity index (χ1) is 10.1. The van der Waals surface area contributed by atoms with Crippen LogP contribution in [0.1, 0.15) is 5.56 Å². The summed E-state index contributed by atoms with van der Waals surface area (Å²) in [4.78, 5) is 0. The van der Waals surface area contributed by atoms with Gasteiger partial charge in [-0.2, -0.15) is 6.07 Å². The summed E-state index contributed by atoms with van der Waals surface area (Å²) in [6, 6.07) is 23.2. The summed E-state index contributed by atoms with van der Waals surface area (Å²) in [5.41, 5.74) is 0.792. The first-order valence-electron chi connectivity index (χ1n) is 6.77. The predicted molar refractivity (Wildman–Crippen MR) is 93.7 cm³/mol. The fourth-order valence-electron chi connectivity index (χ4n) is 2.10. The topological polar surface area (TPSA) is 0 Å². The Hall–Kier alpha value is -0.270. The summed E-state index contributed by atoms with van der Waals surface area (Å²) in [5, 5.41) is 4.07. The number of hydrogen-bond donors (Lipinski definition) is 0. The molecule has 0 fully saturated rings. The van der Waals surface area contributed by atoms with E-state index in [1.807, 2.05) is 18.2 Å². The van der Waals surface area contributed by atoms with E-state index in [-0.39, 0.29) is 0 Å². The second-order valence-corrected chi connectivity index (χ2v) is 25.9. The van der Waals surface area contributed by atoms with E-state index in [1.54, 1.807) is 0 Å². The third-order valence-electron chi connectivity index (χ3n) is 3.25. The molecule has 0 saturated carbocycles. The quantitative estimate of drug-likeness (QED) is 0.376. The number of aryl methyl sites for hydroxylation is 1. The van der Waals surface area contributed by atoms with Crippen LogP contribution in [0.25, 0.3) is 10.8 Å². The molecule has 0 saturated heterocycles. The van der Waals surface area contributed by atoms with E-state index >= 15 is 0 Å². The van der Waals surface area contributed by atoms with Gasteiger partial charge in [0.15, 0.2) is 0 Å². The molecule has 0 aliphatic rings. The number of hydrogen-bond acceptors (Lipinski definition) is 0. The van der Waals surface area contributed by atoms with Crippen molar-refractivity contribution in [1.29, 1.82) is 0 Å². The fourth-order valence-corrected chi connectivity index (χ4v) is 9.73. The SMILES string of the molecule is C[Si](c1ccccc1)=[Zr]([Cl])[Cl].Cc1cc2ccccc2[cH-]1. The van der Waals surface area contributed by atoms with Crippen LogP contribution >= 0.6 is 17.0 Å². The molecule has 3 rings (SSSR count). The van der Waals surface area contributed by atoms with Crippen molar-refractivity contribution in [3.05, 3.63) is 72.3 Å². The van der Waals surface area contributed by atoms with Crippen molar-refractivity contribution < 1.29 is 18.0 Å². The zero-order chi connectivity index (χ0) is 15.2. The van der Waals surface area contributed by atoms with Crippen molar-refractivity contribution in [2.45, 2.75) is 13.5 Å². The molecule has 0 aliphatic carbocycles. The zero-order valence-electron chi connectivity index (χ0n) is 12.1. The smallest absolute Gasteiger partial charge is 0.0579 e. The van der Waals surface area contributed by atoms with E-state index < -0.39 is 23.4 Å². The van der Waals surface area contributed by atoms with Crippen LogP contribution in [0.3, 0.4) is 0 Å². The number of rotatable bonds is 1. The van der Waals surface area contributed by atoms with Crippen molar-refractivity contribution >= 4 is 38.4 Å². The minimum Gasteiger partial charge on any atom is -0.165 e. The number of benzene rings is 2. The molecular formula is C17H17Cl2SiZr-. The van der Waals surface area contributed by atoms with Gasteiger partial charge in [0.1, 0.15) is 0 Å². The normalized spacial score (nSPS) is 9.90. The Kier molecular flexibility index (Phi) is 6.82. The van der Waals surface area contributed by atoms with Gasteiger partial charge in [-0.15, -0.1) is 40.6 Å². The molecule has 0 radical (unpaired) electrons. The monoisotopic (exact) mass is 409 g/mol. The predicted octanol–water partition coefficient (Wildman–Crippen LogP) is 5.31. The van der Waals surface area contributed by atoms with Gasteiger partial charge >= 0.3 is 82.5 Å². The summed E-state index contributed by atoms with van der Waals surface area (Å²) < 4.78 is 0. The van der Waals surface area contributed by atoms with Crippen LogP contribution < -0.4 is 5.19 Å². The Morgan fingerprint density at radius 2 is 1.57 bits per heavy atom. The van der Waals surface area contributed by atoms with Gasteiger partial charge in [-0.05, 0) is 0 Å². The van der Waals surface area contributed by atoms with Crippen molar-refractivity contribution in [3.8, 4) is 0 Å². The van der Waals surface area contributed by atoms with Crippen LogP contribution in [0.5, 0.6) is 0 Å². The molecule has 0 aromatic heterocycles. The molecule has 0 bridgehead atoms. The van der Waals surface area contributed by atoms with Crippen molar-refractivity contribution in [1.82, 2.24) is 0 Å². The van der Waals surface area contributed by atoms with Gasteiger partial charge in [0.05, 0.1) is 0 Å². The largest absolute Gasteiger partial charge is 0.165 e. The Balaban J connectivity index is 0.000000154. The summed E-state index contributed by atoms with van der Waals surface area (Å²) in [7, 11) is 11.9. The second-order valence-electron chi connectivity index (χ2n) is 4.91. The number of halogens is 2. The summed E-state index contributed by atoms with van der Waals surface area (Å²) in [6.07, 6.45) is 0. The van der Waals surface area contributed by atoms with E-state index in [4.69, 9.17) is 17.0 Å². The Morgan fingerprint density at radius 1 is 0.952 bits per heavy atom. The number of fused-ring (bicyclic) bond motifs is 1. The molecule has 3 aromatic carbocycles. The maximum Gasteiger partial charge on any atom is -0.0579 e. The molecule has 0 N–H and O–H groups in total. The molecular weight excluding hydrogens is 394 g/mol. The van der Waals surface area contributed by atoms with Gasteiger partial charge in [0.25, 0.3) is 0 Å². The summed E-state index contributed by atoms with van der Waals surface area (Å²) >= 11 is -1.95. The molecule has 0 heterocycles. The van der Waals surface area contributed by atoms with Gasteiger partial charge in [-0.1, -0.05) is 13.0 Å². The van der Waals surface area contributed by atoms with E-state index in [1.165, 1.54) is 21.5 Å². The molecule has 0 nitrogen and oxygen atoms in total. The van der Waals surface area contributed by atoms with E-state index in [0.29, 0.717) is 0 Å². The molecule has 4 heteroatoms. The van der Waals surface area contributed by atoms with Crippen LogP contribution in [-0.2, 0) is 18.0 Å². The Bertz CT molecular complexity index is 711. The van der Waals surface area contributed by atoms with Gasteiger partial charge in [0.2, 0.25) is 0 Å². The molecule has 0 aliphatic heterocycles. The van der Waals surface area contributed by atoms with E-state index in [9.17, 15) is 0 Å². The minimum atomic E-state index is -1.95. The molecule has 0 spiro atoms. The molecule has 0 unspecified atom stereocenters. The third kappa shape index (κ3) is 5.14. The van der Waals surface area contributed by atoms with Crippen molar-refractivity contribution in [2.24, 2.45) is 0 Å². The van der Waals surface area contributed by atoms with Crippen molar-refractivity contribution in [3.63, 3.8) is 0 Å². The summed E-state index contributed by atoms with van der Waals surface area (Å²) in [5.74, 6) is 0. The van der Waals surface area contributed by atoms with Crippen LogP contribution in [-0.4, -0.2) is 5.43 Å².